The molecule has 0 aromatic carbocycles. The van der Waals surface area contributed by atoms with Crippen LogP contribution >= 0.6 is 0 Å². The molecule has 2 heterocycles. The number of hydrogen-bond donors (Lipinski definition) is 0. The normalized spacial score (nSPS) is 9.71. The Morgan fingerprint density at radius 3 is 2.71 bits per heavy atom. The van der Waals surface area contributed by atoms with Crippen LogP contribution in [0.2, 0.25) is 0 Å². The smallest absolute Gasteiger partial charge is 0.0716 e. The van der Waals surface area contributed by atoms with Crippen LogP contribution in [-0.2, 0) is 13.5 Å². The van der Waals surface area contributed by atoms with Gasteiger partial charge in [-0.25, -0.2) is 0 Å². The molecule has 76 valence electrons. The van der Waals surface area contributed by atoms with Gasteiger partial charge in [0.25, 0.3) is 0 Å². The van der Waals surface area contributed by atoms with E-state index < -0.39 is 0 Å². The third-order valence-corrected chi connectivity index (χ3v) is 2.06. The van der Waals surface area contributed by atoms with E-state index in [4.69, 9.17) is 0 Å². The minimum absolute atomic E-state index is 0.961. The highest BCUT2D eigenvalue weighted by atomic mass is 15.3. The average Bonchev–Trinajstić information content (AvgIpc) is 2.59. The summed E-state index contributed by atoms with van der Waals surface area (Å²) in [7, 11) is 1.96. The summed E-state index contributed by atoms with van der Waals surface area (Å²) in [5, 5.41) is 5.55. The van der Waals surface area contributed by atoms with E-state index in [0.717, 1.165) is 17.6 Å². The number of aromatic nitrogens is 3. The number of fused-ring (bicyclic) bond motifs is 1. The minimum atomic E-state index is 0.961. The lowest BCUT2D eigenvalue weighted by molar-refractivity contribution is 0.770. The van der Waals surface area contributed by atoms with Gasteiger partial charge in [-0.3, -0.25) is 9.67 Å². The zero-order valence-corrected chi connectivity index (χ0v) is 9.28. The van der Waals surface area contributed by atoms with Crippen LogP contribution in [0.1, 0.15) is 26.5 Å². The van der Waals surface area contributed by atoms with Gasteiger partial charge in [0.15, 0.2) is 0 Å². The Balaban J connectivity index is 0.000000461. The maximum Gasteiger partial charge on any atom is 0.0716 e. The highest BCUT2D eigenvalue weighted by molar-refractivity contribution is 5.80. The molecule has 0 unspecified atom stereocenters. The Kier molecular flexibility index (Phi) is 3.63. The fourth-order valence-corrected chi connectivity index (χ4v) is 1.44. The average molecular weight is 191 g/mol. The van der Waals surface area contributed by atoms with Crippen LogP contribution < -0.4 is 0 Å². The van der Waals surface area contributed by atoms with Crippen LogP contribution in [0.4, 0.5) is 0 Å². The summed E-state index contributed by atoms with van der Waals surface area (Å²) in [4.78, 5) is 4.08. The maximum absolute atomic E-state index is 4.38. The van der Waals surface area contributed by atoms with Crippen LogP contribution in [0.15, 0.2) is 18.5 Å². The van der Waals surface area contributed by atoms with E-state index in [0.29, 0.717) is 0 Å². The molecule has 14 heavy (non-hydrogen) atoms. The molecule has 2 aromatic heterocycles. The molecule has 3 nitrogen and oxygen atoms in total. The third kappa shape index (κ3) is 1.76. The van der Waals surface area contributed by atoms with E-state index >= 15 is 0 Å². The molecule has 0 saturated heterocycles. The summed E-state index contributed by atoms with van der Waals surface area (Å²) in [6, 6.07) is 1.99. The first-order valence-electron chi connectivity index (χ1n) is 5.08. The van der Waals surface area contributed by atoms with Crippen molar-refractivity contribution in [1.82, 2.24) is 14.8 Å². The van der Waals surface area contributed by atoms with Gasteiger partial charge in [-0.2, -0.15) is 5.10 Å². The molecule has 0 spiro atoms. The molecular weight excluding hydrogens is 174 g/mol. The number of aryl methyl sites for hydroxylation is 2. The van der Waals surface area contributed by atoms with Crippen molar-refractivity contribution in [3.05, 3.63) is 24.2 Å². The molecule has 2 rings (SSSR count). The van der Waals surface area contributed by atoms with Crippen molar-refractivity contribution in [2.45, 2.75) is 27.2 Å². The van der Waals surface area contributed by atoms with E-state index in [1.54, 1.807) is 6.20 Å². The molecular formula is C11H17N3. The molecule has 0 radical (unpaired) electrons. The summed E-state index contributed by atoms with van der Waals surface area (Å²) in [6.07, 6.45) is 4.63. The molecule has 0 saturated carbocycles. The van der Waals surface area contributed by atoms with Crippen molar-refractivity contribution in [2.24, 2.45) is 7.05 Å². The van der Waals surface area contributed by atoms with Gasteiger partial charge in [-0.05, 0) is 12.5 Å². The predicted octanol–water partition coefficient (Wildman–Crippen LogP) is 2.56. The molecule has 0 aliphatic heterocycles. The maximum atomic E-state index is 4.38. The predicted molar refractivity (Wildman–Crippen MR) is 59.2 cm³/mol. The van der Waals surface area contributed by atoms with Gasteiger partial charge in [-0.1, -0.05) is 20.8 Å². The molecule has 0 atom stereocenters. The Hall–Kier alpha value is -1.38. The second kappa shape index (κ2) is 4.74. The summed E-state index contributed by atoms with van der Waals surface area (Å²) >= 11 is 0. The van der Waals surface area contributed by atoms with Crippen LogP contribution in [-0.4, -0.2) is 14.8 Å². The van der Waals surface area contributed by atoms with Crippen molar-refractivity contribution in [1.29, 1.82) is 0 Å². The Labute approximate surface area is 84.8 Å². The van der Waals surface area contributed by atoms with Gasteiger partial charge in [0.2, 0.25) is 0 Å². The largest absolute Gasteiger partial charge is 0.268 e. The highest BCUT2D eigenvalue weighted by Crippen LogP contribution is 2.15. The molecule has 0 aliphatic carbocycles. The lowest BCUT2D eigenvalue weighted by atomic mass is 10.2. The van der Waals surface area contributed by atoms with E-state index in [9.17, 15) is 0 Å². The molecule has 0 N–H and O–H groups in total. The summed E-state index contributed by atoms with van der Waals surface area (Å²) in [5.41, 5.74) is 2.28. The second-order valence-electron chi connectivity index (χ2n) is 2.82. The van der Waals surface area contributed by atoms with Gasteiger partial charge < -0.3 is 0 Å². The number of nitrogens with zero attached hydrogens (tertiary/aromatic N) is 3. The zero-order chi connectivity index (χ0) is 10.6. The lowest BCUT2D eigenvalue weighted by Crippen LogP contribution is -1.90. The van der Waals surface area contributed by atoms with Crippen molar-refractivity contribution < 1.29 is 0 Å². The number of pyridine rings is 1. The van der Waals surface area contributed by atoms with Crippen LogP contribution in [0.25, 0.3) is 10.9 Å². The quantitative estimate of drug-likeness (QED) is 0.693. The summed E-state index contributed by atoms with van der Waals surface area (Å²) < 4.78 is 1.90. The second-order valence-corrected chi connectivity index (χ2v) is 2.82. The minimum Gasteiger partial charge on any atom is -0.268 e. The first-order chi connectivity index (χ1) is 6.83. The van der Waals surface area contributed by atoms with E-state index in [1.807, 2.05) is 37.8 Å². The number of hydrogen-bond acceptors (Lipinski definition) is 2. The Bertz CT molecular complexity index is 404. The molecule has 2 aromatic rings. The highest BCUT2D eigenvalue weighted by Gasteiger charge is 2.04. The summed E-state index contributed by atoms with van der Waals surface area (Å²) in [5.74, 6) is 0. The topological polar surface area (TPSA) is 30.7 Å². The van der Waals surface area contributed by atoms with Crippen molar-refractivity contribution in [3.8, 4) is 0 Å². The number of rotatable bonds is 1. The first kappa shape index (κ1) is 10.7. The molecule has 0 aliphatic rings. The van der Waals surface area contributed by atoms with E-state index in [-0.39, 0.29) is 0 Å². The van der Waals surface area contributed by atoms with Crippen LogP contribution in [0, 0.1) is 0 Å². The van der Waals surface area contributed by atoms with Crippen molar-refractivity contribution in [2.75, 3.05) is 0 Å². The van der Waals surface area contributed by atoms with Crippen molar-refractivity contribution in [3.63, 3.8) is 0 Å². The standard InChI is InChI=1S/C9H11N3.C2H6/c1-3-8-7-6-10-5-4-9(7)12(2)11-8;1-2/h4-6H,3H2,1-2H3;1-2H3. The SMILES string of the molecule is CC.CCc1nn(C)c2ccncc12. The van der Waals surface area contributed by atoms with Gasteiger partial charge in [-0.15, -0.1) is 0 Å². The fourth-order valence-electron chi connectivity index (χ4n) is 1.44. The molecule has 0 amide bonds. The Morgan fingerprint density at radius 2 is 2.07 bits per heavy atom. The fraction of sp³-hybridized carbons (Fsp3) is 0.455. The van der Waals surface area contributed by atoms with Gasteiger partial charge in [0.05, 0.1) is 11.2 Å². The first-order valence-corrected chi connectivity index (χ1v) is 5.08. The third-order valence-electron chi connectivity index (χ3n) is 2.06. The molecule has 0 bridgehead atoms. The molecule has 3 heteroatoms. The van der Waals surface area contributed by atoms with Crippen LogP contribution in [0.3, 0.4) is 0 Å². The van der Waals surface area contributed by atoms with E-state index in [2.05, 4.69) is 17.0 Å². The zero-order valence-electron chi connectivity index (χ0n) is 9.28. The Morgan fingerprint density at radius 1 is 1.36 bits per heavy atom. The van der Waals surface area contributed by atoms with Gasteiger partial charge in [0.1, 0.15) is 0 Å². The van der Waals surface area contributed by atoms with Crippen molar-refractivity contribution >= 4 is 10.9 Å². The lowest BCUT2D eigenvalue weighted by Gasteiger charge is -1.89. The monoisotopic (exact) mass is 191 g/mol. The summed E-state index contributed by atoms with van der Waals surface area (Å²) in [6.45, 7) is 6.11. The van der Waals surface area contributed by atoms with Crippen LogP contribution in [0.5, 0.6) is 0 Å². The van der Waals surface area contributed by atoms with Gasteiger partial charge in [0, 0.05) is 24.8 Å². The van der Waals surface area contributed by atoms with Gasteiger partial charge >= 0.3 is 0 Å². The van der Waals surface area contributed by atoms with E-state index in [1.165, 1.54) is 5.39 Å². The molecule has 0 fully saturated rings.